The lowest BCUT2D eigenvalue weighted by Gasteiger charge is -2.27. The van der Waals surface area contributed by atoms with Gasteiger partial charge in [0.15, 0.2) is 0 Å². The van der Waals surface area contributed by atoms with E-state index in [0.717, 1.165) is 45.0 Å². The highest BCUT2D eigenvalue weighted by Gasteiger charge is 2.12. The summed E-state index contributed by atoms with van der Waals surface area (Å²) >= 11 is 0. The van der Waals surface area contributed by atoms with E-state index in [1.165, 1.54) is 0 Å². The third-order valence-electron chi connectivity index (χ3n) is 3.14. The predicted octanol–water partition coefficient (Wildman–Crippen LogP) is 1.17. The van der Waals surface area contributed by atoms with Crippen LogP contribution in [0.1, 0.15) is 11.6 Å². The van der Waals surface area contributed by atoms with E-state index in [4.69, 9.17) is 4.74 Å². The molecule has 1 fully saturated rings. The van der Waals surface area contributed by atoms with Gasteiger partial charge in [0.1, 0.15) is 6.04 Å². The molecule has 1 aliphatic heterocycles. The summed E-state index contributed by atoms with van der Waals surface area (Å²) in [5.41, 5.74) is 1.03. The molecular weight excluding hydrogens is 226 g/mol. The molecule has 18 heavy (non-hydrogen) atoms. The molecule has 1 N–H and O–H groups in total. The number of benzene rings is 1. The first-order valence-electron chi connectivity index (χ1n) is 6.38. The number of rotatable bonds is 5. The molecular formula is C14H19N3O. The molecule has 1 atom stereocenters. The Morgan fingerprint density at radius 3 is 2.67 bits per heavy atom. The maximum Gasteiger partial charge on any atom is 0.121 e. The maximum absolute atomic E-state index is 9.17. The van der Waals surface area contributed by atoms with Gasteiger partial charge in [0.25, 0.3) is 0 Å². The van der Waals surface area contributed by atoms with Crippen LogP contribution < -0.4 is 5.32 Å². The minimum absolute atomic E-state index is 0.216. The van der Waals surface area contributed by atoms with Crippen molar-refractivity contribution in [2.75, 3.05) is 39.4 Å². The Kier molecular flexibility index (Phi) is 5.15. The Morgan fingerprint density at radius 2 is 2.00 bits per heavy atom. The number of nitriles is 1. The van der Waals surface area contributed by atoms with Crippen LogP contribution in [-0.4, -0.2) is 44.3 Å². The molecule has 1 aromatic rings. The fourth-order valence-corrected chi connectivity index (χ4v) is 2.08. The Balaban J connectivity index is 1.76. The first kappa shape index (κ1) is 13.0. The van der Waals surface area contributed by atoms with Crippen molar-refractivity contribution in [1.29, 1.82) is 5.26 Å². The van der Waals surface area contributed by atoms with Crippen LogP contribution in [0.25, 0.3) is 0 Å². The van der Waals surface area contributed by atoms with Gasteiger partial charge >= 0.3 is 0 Å². The highest BCUT2D eigenvalue weighted by atomic mass is 16.5. The first-order valence-corrected chi connectivity index (χ1v) is 6.38. The smallest absolute Gasteiger partial charge is 0.121 e. The summed E-state index contributed by atoms with van der Waals surface area (Å²) < 4.78 is 5.30. The zero-order chi connectivity index (χ0) is 12.6. The molecule has 0 amide bonds. The minimum atomic E-state index is -0.216. The largest absolute Gasteiger partial charge is 0.379 e. The molecule has 1 unspecified atom stereocenters. The van der Waals surface area contributed by atoms with Crippen LogP contribution in [0.4, 0.5) is 0 Å². The van der Waals surface area contributed by atoms with Gasteiger partial charge in [0.2, 0.25) is 0 Å². The fourth-order valence-electron chi connectivity index (χ4n) is 2.08. The lowest BCUT2D eigenvalue weighted by Crippen LogP contribution is -2.40. The van der Waals surface area contributed by atoms with Crippen molar-refractivity contribution >= 4 is 0 Å². The standard InChI is InChI=1S/C14H19N3O/c15-12-14(13-4-2-1-3-5-13)16-6-7-17-8-10-18-11-9-17/h1-5,14,16H,6-11H2. The Labute approximate surface area is 108 Å². The molecule has 0 saturated carbocycles. The number of hydrogen-bond acceptors (Lipinski definition) is 4. The fraction of sp³-hybridized carbons (Fsp3) is 0.500. The van der Waals surface area contributed by atoms with E-state index < -0.39 is 0 Å². The second-order valence-corrected chi connectivity index (χ2v) is 4.38. The van der Waals surface area contributed by atoms with E-state index >= 15 is 0 Å². The Hall–Kier alpha value is -1.41. The summed E-state index contributed by atoms with van der Waals surface area (Å²) in [6.45, 7) is 5.41. The van der Waals surface area contributed by atoms with E-state index in [1.54, 1.807) is 0 Å². The number of morpholine rings is 1. The molecule has 96 valence electrons. The molecule has 1 saturated heterocycles. The second kappa shape index (κ2) is 7.12. The molecule has 0 aromatic heterocycles. The maximum atomic E-state index is 9.17. The SMILES string of the molecule is N#CC(NCCN1CCOCC1)c1ccccc1. The predicted molar refractivity (Wildman–Crippen MR) is 70.1 cm³/mol. The van der Waals surface area contributed by atoms with Gasteiger partial charge in [-0.2, -0.15) is 5.26 Å². The number of nitrogens with one attached hydrogen (secondary N) is 1. The minimum Gasteiger partial charge on any atom is -0.379 e. The monoisotopic (exact) mass is 245 g/mol. The van der Waals surface area contributed by atoms with Crippen molar-refractivity contribution in [3.8, 4) is 6.07 Å². The average molecular weight is 245 g/mol. The molecule has 1 heterocycles. The van der Waals surface area contributed by atoms with E-state index in [9.17, 15) is 5.26 Å². The third-order valence-corrected chi connectivity index (χ3v) is 3.14. The van der Waals surface area contributed by atoms with Crippen LogP contribution >= 0.6 is 0 Å². The van der Waals surface area contributed by atoms with Crippen LogP contribution in [0.15, 0.2) is 30.3 Å². The van der Waals surface area contributed by atoms with Gasteiger partial charge in [-0.05, 0) is 5.56 Å². The summed E-state index contributed by atoms with van der Waals surface area (Å²) in [5, 5.41) is 12.5. The van der Waals surface area contributed by atoms with E-state index in [2.05, 4.69) is 16.3 Å². The molecule has 2 rings (SSSR count). The molecule has 0 bridgehead atoms. The van der Waals surface area contributed by atoms with Crippen LogP contribution in [0.3, 0.4) is 0 Å². The quantitative estimate of drug-likeness (QED) is 0.846. The van der Waals surface area contributed by atoms with Gasteiger partial charge in [0, 0.05) is 26.2 Å². The van der Waals surface area contributed by atoms with Crippen molar-refractivity contribution in [2.45, 2.75) is 6.04 Å². The van der Waals surface area contributed by atoms with Gasteiger partial charge in [-0.3, -0.25) is 10.2 Å². The topological polar surface area (TPSA) is 48.3 Å². The molecule has 4 nitrogen and oxygen atoms in total. The van der Waals surface area contributed by atoms with E-state index in [-0.39, 0.29) is 6.04 Å². The van der Waals surface area contributed by atoms with Gasteiger partial charge < -0.3 is 4.74 Å². The van der Waals surface area contributed by atoms with E-state index in [0.29, 0.717) is 0 Å². The molecule has 4 heteroatoms. The zero-order valence-corrected chi connectivity index (χ0v) is 10.5. The normalized spacial score (nSPS) is 18.2. The average Bonchev–Trinajstić information content (AvgIpc) is 2.46. The van der Waals surface area contributed by atoms with E-state index in [1.807, 2.05) is 30.3 Å². The molecule has 0 radical (unpaired) electrons. The number of hydrogen-bond donors (Lipinski definition) is 1. The molecule has 0 aliphatic carbocycles. The molecule has 1 aromatic carbocycles. The second-order valence-electron chi connectivity index (χ2n) is 4.38. The van der Waals surface area contributed by atoms with Crippen LogP contribution in [0.2, 0.25) is 0 Å². The van der Waals surface area contributed by atoms with Gasteiger partial charge in [-0.15, -0.1) is 0 Å². The van der Waals surface area contributed by atoms with Gasteiger partial charge in [0.05, 0.1) is 19.3 Å². The van der Waals surface area contributed by atoms with Gasteiger partial charge in [-0.25, -0.2) is 0 Å². The highest BCUT2D eigenvalue weighted by Crippen LogP contribution is 2.10. The lowest BCUT2D eigenvalue weighted by molar-refractivity contribution is 0.0383. The first-order chi connectivity index (χ1) is 8.90. The van der Waals surface area contributed by atoms with Crippen molar-refractivity contribution in [3.05, 3.63) is 35.9 Å². The van der Waals surface area contributed by atoms with Gasteiger partial charge in [-0.1, -0.05) is 30.3 Å². The summed E-state index contributed by atoms with van der Waals surface area (Å²) in [7, 11) is 0. The summed E-state index contributed by atoms with van der Waals surface area (Å²) in [6, 6.07) is 11.9. The third kappa shape index (κ3) is 3.81. The zero-order valence-electron chi connectivity index (χ0n) is 10.5. The number of ether oxygens (including phenoxy) is 1. The number of nitrogens with zero attached hydrogens (tertiary/aromatic N) is 2. The highest BCUT2D eigenvalue weighted by molar-refractivity contribution is 5.23. The van der Waals surface area contributed by atoms with Crippen LogP contribution in [0.5, 0.6) is 0 Å². The van der Waals surface area contributed by atoms with Crippen LogP contribution in [0, 0.1) is 11.3 Å². The van der Waals surface area contributed by atoms with Crippen molar-refractivity contribution in [1.82, 2.24) is 10.2 Å². The molecule has 0 spiro atoms. The van der Waals surface area contributed by atoms with Crippen LogP contribution in [-0.2, 0) is 4.74 Å². The van der Waals surface area contributed by atoms with Crippen molar-refractivity contribution in [2.24, 2.45) is 0 Å². The molecule has 1 aliphatic rings. The lowest BCUT2D eigenvalue weighted by atomic mass is 10.1. The summed E-state index contributed by atoms with van der Waals surface area (Å²) in [5.74, 6) is 0. The van der Waals surface area contributed by atoms with Crippen molar-refractivity contribution < 1.29 is 4.74 Å². The summed E-state index contributed by atoms with van der Waals surface area (Å²) in [4.78, 5) is 2.36. The van der Waals surface area contributed by atoms with Crippen molar-refractivity contribution in [3.63, 3.8) is 0 Å². The Bertz CT molecular complexity index is 382. The summed E-state index contributed by atoms with van der Waals surface area (Å²) in [6.07, 6.45) is 0. The Morgan fingerprint density at radius 1 is 1.28 bits per heavy atom.